The molecule has 1 fully saturated rings. The number of guanidine groups is 1. The minimum atomic E-state index is 0. The number of nitrogens with one attached hydrogen (secondary N) is 3. The molecule has 7 heteroatoms. The third-order valence-corrected chi connectivity index (χ3v) is 4.95. The highest BCUT2D eigenvalue weighted by Crippen LogP contribution is 2.23. The number of carbonyl (C=O) groups is 1. The molecule has 0 heterocycles. The molecule has 1 saturated carbocycles. The molecule has 0 spiro atoms. The molecule has 1 aromatic carbocycles. The lowest BCUT2D eigenvalue weighted by Crippen LogP contribution is -2.42. The Bertz CT molecular complexity index is 658. The number of carbonyl (C=O) groups excluding carboxylic acids is 1. The summed E-state index contributed by atoms with van der Waals surface area (Å²) in [5, 5.41) is 9.61. The molecule has 0 unspecified atom stereocenters. The molecule has 1 aliphatic rings. The first-order valence-electron chi connectivity index (χ1n) is 10.5. The van der Waals surface area contributed by atoms with Crippen LogP contribution in [0.25, 0.3) is 0 Å². The minimum absolute atomic E-state index is 0. The van der Waals surface area contributed by atoms with Crippen molar-refractivity contribution in [2.45, 2.75) is 65.5 Å². The van der Waals surface area contributed by atoms with E-state index in [-0.39, 0.29) is 41.9 Å². The number of ether oxygens (including phenoxy) is 1. The van der Waals surface area contributed by atoms with Crippen LogP contribution in [0, 0.1) is 12.8 Å². The predicted octanol–water partition coefficient (Wildman–Crippen LogP) is 3.76. The van der Waals surface area contributed by atoms with E-state index in [9.17, 15) is 4.79 Å². The van der Waals surface area contributed by atoms with E-state index < -0.39 is 0 Å². The van der Waals surface area contributed by atoms with E-state index in [2.05, 4.69) is 46.1 Å². The van der Waals surface area contributed by atoms with E-state index in [1.54, 1.807) is 7.05 Å². The number of nitrogens with zero attached hydrogens (tertiary/aromatic N) is 1. The maximum Gasteiger partial charge on any atom is 0.223 e. The summed E-state index contributed by atoms with van der Waals surface area (Å²) in [7, 11) is 1.75. The normalized spacial score (nSPS) is 14.9. The molecule has 0 radical (unpaired) electrons. The van der Waals surface area contributed by atoms with Crippen LogP contribution in [0.2, 0.25) is 0 Å². The molecule has 3 N–H and O–H groups in total. The van der Waals surface area contributed by atoms with Gasteiger partial charge in [-0.1, -0.05) is 31.4 Å². The molecule has 1 amide bonds. The van der Waals surface area contributed by atoms with Gasteiger partial charge in [0.05, 0.1) is 6.10 Å². The summed E-state index contributed by atoms with van der Waals surface area (Å²) in [6.07, 6.45) is 5.80. The Morgan fingerprint density at radius 1 is 1.14 bits per heavy atom. The second kappa shape index (κ2) is 13.7. The Morgan fingerprint density at radius 2 is 1.83 bits per heavy atom. The van der Waals surface area contributed by atoms with Crippen molar-refractivity contribution in [3.8, 4) is 5.75 Å². The smallest absolute Gasteiger partial charge is 0.223 e. The molecule has 0 bridgehead atoms. The summed E-state index contributed by atoms with van der Waals surface area (Å²) in [5.41, 5.74) is 2.27. The van der Waals surface area contributed by atoms with Crippen LogP contribution in [0.5, 0.6) is 5.75 Å². The first-order valence-corrected chi connectivity index (χ1v) is 10.5. The minimum Gasteiger partial charge on any atom is -0.491 e. The van der Waals surface area contributed by atoms with Gasteiger partial charge in [0.15, 0.2) is 5.96 Å². The number of benzene rings is 1. The summed E-state index contributed by atoms with van der Waals surface area (Å²) in [4.78, 5) is 16.4. The molecule has 1 aromatic rings. The van der Waals surface area contributed by atoms with Crippen LogP contribution in [-0.2, 0) is 11.3 Å². The van der Waals surface area contributed by atoms with Crippen LogP contribution in [0.15, 0.2) is 23.2 Å². The average Bonchev–Trinajstić information content (AvgIpc) is 2.68. The van der Waals surface area contributed by atoms with Gasteiger partial charge in [0.1, 0.15) is 5.75 Å². The van der Waals surface area contributed by atoms with Crippen LogP contribution in [0.3, 0.4) is 0 Å². The number of halogens is 1. The number of hydrogen-bond acceptors (Lipinski definition) is 3. The van der Waals surface area contributed by atoms with Crippen molar-refractivity contribution in [2.75, 3.05) is 20.1 Å². The number of aryl methyl sites for hydroxylation is 1. The summed E-state index contributed by atoms with van der Waals surface area (Å²) in [6, 6.07) is 6.23. The van der Waals surface area contributed by atoms with E-state index in [0.29, 0.717) is 25.6 Å². The SMILES string of the molecule is CN=C(NCCNC(=O)C1CCCCC1)NCc1ccc(C)cc1OC(C)C.I. The van der Waals surface area contributed by atoms with Crippen molar-refractivity contribution in [2.24, 2.45) is 10.9 Å². The average molecular weight is 516 g/mol. The van der Waals surface area contributed by atoms with Crippen molar-refractivity contribution >= 4 is 35.8 Å². The second-order valence-electron chi connectivity index (χ2n) is 7.76. The largest absolute Gasteiger partial charge is 0.491 e. The second-order valence-corrected chi connectivity index (χ2v) is 7.76. The van der Waals surface area contributed by atoms with Crippen LogP contribution < -0.4 is 20.7 Å². The lowest BCUT2D eigenvalue weighted by Gasteiger charge is -2.21. The van der Waals surface area contributed by atoms with Gasteiger partial charge in [0, 0.05) is 38.2 Å². The Labute approximate surface area is 192 Å². The van der Waals surface area contributed by atoms with Crippen LogP contribution in [0.4, 0.5) is 0 Å². The van der Waals surface area contributed by atoms with Crippen molar-refractivity contribution in [3.63, 3.8) is 0 Å². The summed E-state index contributed by atoms with van der Waals surface area (Å²) in [5.74, 6) is 2.01. The maximum atomic E-state index is 12.2. The highest BCUT2D eigenvalue weighted by molar-refractivity contribution is 14.0. The van der Waals surface area contributed by atoms with Crippen molar-refractivity contribution < 1.29 is 9.53 Å². The van der Waals surface area contributed by atoms with Gasteiger partial charge in [-0.25, -0.2) is 0 Å². The van der Waals surface area contributed by atoms with E-state index in [1.165, 1.54) is 24.8 Å². The maximum absolute atomic E-state index is 12.2. The summed E-state index contributed by atoms with van der Waals surface area (Å²) < 4.78 is 5.93. The molecule has 29 heavy (non-hydrogen) atoms. The highest BCUT2D eigenvalue weighted by Gasteiger charge is 2.20. The van der Waals surface area contributed by atoms with Gasteiger partial charge >= 0.3 is 0 Å². The molecule has 0 saturated heterocycles. The van der Waals surface area contributed by atoms with Gasteiger partial charge in [-0.15, -0.1) is 24.0 Å². The third kappa shape index (κ3) is 9.23. The molecule has 0 atom stereocenters. The number of aliphatic imine (C=N–C) groups is 1. The van der Waals surface area contributed by atoms with Crippen LogP contribution in [0.1, 0.15) is 57.1 Å². The van der Waals surface area contributed by atoms with Gasteiger partial charge in [0.2, 0.25) is 5.91 Å². The topological polar surface area (TPSA) is 74.8 Å². The Hall–Kier alpha value is -1.51. The fourth-order valence-corrected chi connectivity index (χ4v) is 3.45. The summed E-state index contributed by atoms with van der Waals surface area (Å²) in [6.45, 7) is 7.98. The van der Waals surface area contributed by atoms with Crippen molar-refractivity contribution in [1.82, 2.24) is 16.0 Å². The van der Waals surface area contributed by atoms with Crippen molar-refractivity contribution in [3.05, 3.63) is 29.3 Å². The standard InChI is InChI=1S/C22H36N4O2.HI/c1-16(2)28-20-14-17(3)10-11-19(20)15-26-22(23-4)25-13-12-24-21(27)18-8-6-5-7-9-18;/h10-11,14,16,18H,5-9,12-13,15H2,1-4H3,(H,24,27)(H2,23,25,26);1H. The Morgan fingerprint density at radius 3 is 2.48 bits per heavy atom. The van der Waals surface area contributed by atoms with Gasteiger partial charge in [0.25, 0.3) is 0 Å². The Balaban J connectivity index is 0.00000420. The lowest BCUT2D eigenvalue weighted by molar-refractivity contribution is -0.125. The molecule has 2 rings (SSSR count). The van der Waals surface area contributed by atoms with Crippen molar-refractivity contribution in [1.29, 1.82) is 0 Å². The molecule has 0 aliphatic heterocycles. The zero-order chi connectivity index (χ0) is 20.4. The van der Waals surface area contributed by atoms with Gasteiger partial charge < -0.3 is 20.7 Å². The number of hydrogen-bond donors (Lipinski definition) is 3. The first-order chi connectivity index (χ1) is 13.5. The lowest BCUT2D eigenvalue weighted by atomic mass is 9.89. The zero-order valence-corrected chi connectivity index (χ0v) is 20.5. The Kier molecular flexibility index (Phi) is 12.0. The van der Waals surface area contributed by atoms with Gasteiger partial charge in [-0.3, -0.25) is 9.79 Å². The van der Waals surface area contributed by atoms with E-state index in [4.69, 9.17) is 4.74 Å². The number of rotatable bonds is 8. The first kappa shape index (κ1) is 25.5. The van der Waals surface area contributed by atoms with E-state index >= 15 is 0 Å². The van der Waals surface area contributed by atoms with E-state index in [0.717, 1.165) is 24.2 Å². The molecular formula is C22H37IN4O2. The number of amides is 1. The fraction of sp³-hybridized carbons (Fsp3) is 0.636. The molecular weight excluding hydrogens is 479 g/mol. The molecule has 6 nitrogen and oxygen atoms in total. The van der Waals surface area contributed by atoms with Gasteiger partial charge in [-0.05, 0) is 45.2 Å². The van der Waals surface area contributed by atoms with Crippen LogP contribution in [-0.4, -0.2) is 38.1 Å². The molecule has 164 valence electrons. The van der Waals surface area contributed by atoms with E-state index in [1.807, 2.05) is 13.8 Å². The van der Waals surface area contributed by atoms with Gasteiger partial charge in [-0.2, -0.15) is 0 Å². The zero-order valence-electron chi connectivity index (χ0n) is 18.2. The highest BCUT2D eigenvalue weighted by atomic mass is 127. The molecule has 0 aromatic heterocycles. The fourth-order valence-electron chi connectivity index (χ4n) is 3.45. The summed E-state index contributed by atoms with van der Waals surface area (Å²) >= 11 is 0. The third-order valence-electron chi connectivity index (χ3n) is 4.95. The predicted molar refractivity (Wildman–Crippen MR) is 130 cm³/mol. The monoisotopic (exact) mass is 516 g/mol. The quantitative estimate of drug-likeness (QED) is 0.213. The molecule has 1 aliphatic carbocycles. The van der Waals surface area contributed by atoms with Crippen LogP contribution >= 0.6 is 24.0 Å².